The summed E-state index contributed by atoms with van der Waals surface area (Å²) < 4.78 is 2.00. The standard InChI is InChI=1S/C17H32N6/c1-4-18-17(20-13-16-8-6-10-22(16)5-2)19-9-7-11-23-14-15(3)12-21-23/h12,14,16H,4-11,13H2,1-3H3,(H2,18,19,20). The van der Waals surface area contributed by atoms with Crippen LogP contribution in [0.25, 0.3) is 0 Å². The third-order valence-corrected chi connectivity index (χ3v) is 4.33. The average molecular weight is 320 g/mol. The van der Waals surface area contributed by atoms with Crippen molar-refractivity contribution in [3.63, 3.8) is 0 Å². The molecule has 1 aliphatic rings. The van der Waals surface area contributed by atoms with Crippen molar-refractivity contribution in [2.24, 2.45) is 4.99 Å². The Kier molecular flexibility index (Phi) is 7.39. The monoisotopic (exact) mass is 320 g/mol. The molecule has 0 bridgehead atoms. The second-order valence-corrected chi connectivity index (χ2v) is 6.21. The predicted molar refractivity (Wildman–Crippen MR) is 95.8 cm³/mol. The molecule has 1 unspecified atom stereocenters. The van der Waals surface area contributed by atoms with Gasteiger partial charge in [0, 0.05) is 31.9 Å². The van der Waals surface area contributed by atoms with Crippen LogP contribution in [0.1, 0.15) is 38.7 Å². The topological polar surface area (TPSA) is 57.5 Å². The molecule has 0 radical (unpaired) electrons. The highest BCUT2D eigenvalue weighted by Gasteiger charge is 2.22. The highest BCUT2D eigenvalue weighted by Crippen LogP contribution is 2.16. The number of nitrogens with zero attached hydrogens (tertiary/aromatic N) is 4. The number of likely N-dealkylation sites (N-methyl/N-ethyl adjacent to an activating group) is 1. The first-order chi connectivity index (χ1) is 11.2. The van der Waals surface area contributed by atoms with E-state index in [2.05, 4.69) is 47.6 Å². The number of rotatable bonds is 8. The van der Waals surface area contributed by atoms with Gasteiger partial charge in [-0.1, -0.05) is 6.92 Å². The zero-order valence-corrected chi connectivity index (χ0v) is 14.9. The second-order valence-electron chi connectivity index (χ2n) is 6.21. The summed E-state index contributed by atoms with van der Waals surface area (Å²) >= 11 is 0. The van der Waals surface area contributed by atoms with Crippen LogP contribution >= 0.6 is 0 Å². The van der Waals surface area contributed by atoms with E-state index in [1.807, 2.05) is 10.9 Å². The summed E-state index contributed by atoms with van der Waals surface area (Å²) in [5.41, 5.74) is 1.21. The van der Waals surface area contributed by atoms with Crippen LogP contribution in [0.5, 0.6) is 0 Å². The Morgan fingerprint density at radius 2 is 2.26 bits per heavy atom. The maximum atomic E-state index is 4.77. The van der Waals surface area contributed by atoms with Crippen LogP contribution in [0.2, 0.25) is 0 Å². The number of nitrogens with one attached hydrogen (secondary N) is 2. The number of guanidine groups is 1. The van der Waals surface area contributed by atoms with Crippen LogP contribution in [-0.2, 0) is 6.54 Å². The fourth-order valence-electron chi connectivity index (χ4n) is 3.09. The largest absolute Gasteiger partial charge is 0.357 e. The van der Waals surface area contributed by atoms with Crippen molar-refractivity contribution in [3.05, 3.63) is 18.0 Å². The van der Waals surface area contributed by atoms with E-state index in [1.165, 1.54) is 24.9 Å². The van der Waals surface area contributed by atoms with E-state index in [1.54, 1.807) is 0 Å². The molecule has 0 amide bonds. The molecule has 1 fully saturated rings. The first kappa shape index (κ1) is 17.8. The van der Waals surface area contributed by atoms with Gasteiger partial charge in [0.05, 0.1) is 12.7 Å². The van der Waals surface area contributed by atoms with Gasteiger partial charge in [-0.2, -0.15) is 5.10 Å². The van der Waals surface area contributed by atoms with Crippen molar-refractivity contribution >= 4 is 5.96 Å². The summed E-state index contributed by atoms with van der Waals surface area (Å²) in [5.74, 6) is 0.937. The fraction of sp³-hybridized carbons (Fsp3) is 0.765. The predicted octanol–water partition coefficient (Wildman–Crippen LogP) is 1.62. The maximum absolute atomic E-state index is 4.77. The van der Waals surface area contributed by atoms with E-state index < -0.39 is 0 Å². The Morgan fingerprint density at radius 3 is 2.96 bits per heavy atom. The van der Waals surface area contributed by atoms with Gasteiger partial charge in [0.15, 0.2) is 5.96 Å². The van der Waals surface area contributed by atoms with Crippen molar-refractivity contribution in [1.82, 2.24) is 25.3 Å². The molecule has 2 heterocycles. The van der Waals surface area contributed by atoms with Crippen LogP contribution in [0.4, 0.5) is 0 Å². The van der Waals surface area contributed by atoms with E-state index in [0.717, 1.165) is 45.1 Å². The first-order valence-electron chi connectivity index (χ1n) is 8.98. The van der Waals surface area contributed by atoms with E-state index in [-0.39, 0.29) is 0 Å². The lowest BCUT2D eigenvalue weighted by Crippen LogP contribution is -2.39. The Bertz CT molecular complexity index is 481. The van der Waals surface area contributed by atoms with Gasteiger partial charge in [0.25, 0.3) is 0 Å². The lowest BCUT2D eigenvalue weighted by atomic mass is 10.2. The molecule has 1 aliphatic heterocycles. The van der Waals surface area contributed by atoms with Gasteiger partial charge in [-0.05, 0) is 51.8 Å². The van der Waals surface area contributed by atoms with Crippen molar-refractivity contribution in [2.75, 3.05) is 32.7 Å². The molecule has 130 valence electrons. The number of hydrogen-bond acceptors (Lipinski definition) is 3. The third-order valence-electron chi connectivity index (χ3n) is 4.33. The molecule has 6 nitrogen and oxygen atoms in total. The summed E-state index contributed by atoms with van der Waals surface area (Å²) in [4.78, 5) is 7.31. The highest BCUT2D eigenvalue weighted by molar-refractivity contribution is 5.79. The SMILES string of the molecule is CCNC(=NCC1CCCN1CC)NCCCn1cc(C)cn1. The summed E-state index contributed by atoms with van der Waals surface area (Å²) in [6.45, 7) is 12.4. The summed E-state index contributed by atoms with van der Waals surface area (Å²) in [7, 11) is 0. The van der Waals surface area contributed by atoms with Crippen LogP contribution in [0.3, 0.4) is 0 Å². The summed E-state index contributed by atoms with van der Waals surface area (Å²) in [5, 5.41) is 11.1. The highest BCUT2D eigenvalue weighted by atomic mass is 15.3. The van der Waals surface area contributed by atoms with Gasteiger partial charge in [-0.15, -0.1) is 0 Å². The quantitative estimate of drug-likeness (QED) is 0.434. The molecule has 2 rings (SSSR count). The van der Waals surface area contributed by atoms with Crippen LogP contribution in [0, 0.1) is 6.92 Å². The van der Waals surface area contributed by atoms with E-state index in [9.17, 15) is 0 Å². The third kappa shape index (κ3) is 5.86. The number of aromatic nitrogens is 2. The summed E-state index contributed by atoms with van der Waals surface area (Å²) in [6.07, 6.45) is 7.60. The fourth-order valence-corrected chi connectivity index (χ4v) is 3.09. The molecular formula is C17H32N6. The smallest absolute Gasteiger partial charge is 0.191 e. The second kappa shape index (κ2) is 9.55. The van der Waals surface area contributed by atoms with Crippen LogP contribution in [-0.4, -0.2) is 59.4 Å². The van der Waals surface area contributed by atoms with E-state index in [4.69, 9.17) is 4.99 Å². The van der Waals surface area contributed by atoms with Gasteiger partial charge in [-0.25, -0.2) is 0 Å². The molecule has 2 N–H and O–H groups in total. The van der Waals surface area contributed by atoms with Crippen molar-refractivity contribution in [2.45, 2.75) is 52.6 Å². The van der Waals surface area contributed by atoms with Gasteiger partial charge < -0.3 is 10.6 Å². The van der Waals surface area contributed by atoms with E-state index >= 15 is 0 Å². The first-order valence-corrected chi connectivity index (χ1v) is 8.98. The zero-order valence-electron chi connectivity index (χ0n) is 14.9. The van der Waals surface area contributed by atoms with Gasteiger partial charge in [0.1, 0.15) is 0 Å². The van der Waals surface area contributed by atoms with Crippen LogP contribution in [0.15, 0.2) is 17.4 Å². The lowest BCUT2D eigenvalue weighted by Gasteiger charge is -2.21. The molecular weight excluding hydrogens is 288 g/mol. The Hall–Kier alpha value is -1.56. The van der Waals surface area contributed by atoms with Gasteiger partial charge >= 0.3 is 0 Å². The molecule has 0 aromatic carbocycles. The van der Waals surface area contributed by atoms with Crippen molar-refractivity contribution < 1.29 is 0 Å². The minimum absolute atomic E-state index is 0.613. The molecule has 1 aromatic heterocycles. The number of aliphatic imine (C=N–C) groups is 1. The Balaban J connectivity index is 1.72. The maximum Gasteiger partial charge on any atom is 0.191 e. The molecule has 1 aromatic rings. The average Bonchev–Trinajstić information content (AvgIpc) is 3.17. The zero-order chi connectivity index (χ0) is 16.5. The molecule has 0 aliphatic carbocycles. The Morgan fingerprint density at radius 1 is 1.39 bits per heavy atom. The number of likely N-dealkylation sites (tertiary alicyclic amines) is 1. The lowest BCUT2D eigenvalue weighted by molar-refractivity contribution is 0.273. The van der Waals surface area contributed by atoms with Crippen molar-refractivity contribution in [3.8, 4) is 0 Å². The number of hydrogen-bond donors (Lipinski definition) is 2. The van der Waals surface area contributed by atoms with Crippen LogP contribution < -0.4 is 10.6 Å². The normalized spacial score (nSPS) is 19.3. The molecule has 0 spiro atoms. The van der Waals surface area contributed by atoms with Crippen molar-refractivity contribution in [1.29, 1.82) is 0 Å². The molecule has 1 atom stereocenters. The summed E-state index contributed by atoms with van der Waals surface area (Å²) in [6, 6.07) is 0.613. The minimum atomic E-state index is 0.613. The minimum Gasteiger partial charge on any atom is -0.357 e. The molecule has 23 heavy (non-hydrogen) atoms. The van der Waals surface area contributed by atoms with E-state index in [0.29, 0.717) is 6.04 Å². The number of aryl methyl sites for hydroxylation is 2. The molecule has 6 heteroatoms. The molecule has 0 saturated carbocycles. The van der Waals surface area contributed by atoms with Gasteiger partial charge in [-0.3, -0.25) is 14.6 Å². The Labute approximate surface area is 140 Å². The molecule has 1 saturated heterocycles. The van der Waals surface area contributed by atoms with Gasteiger partial charge in [0.2, 0.25) is 0 Å².